The van der Waals surface area contributed by atoms with Crippen LogP contribution in [0.25, 0.3) is 0 Å². The third kappa shape index (κ3) is 2.93. The maximum absolute atomic E-state index is 8.47. The molecular formula is C6H4BCl3O3. The van der Waals surface area contributed by atoms with Gasteiger partial charge in [0.2, 0.25) is 0 Å². The third-order valence-corrected chi connectivity index (χ3v) is 2.40. The molecule has 0 saturated heterocycles. The van der Waals surface area contributed by atoms with Gasteiger partial charge in [0.1, 0.15) is 5.75 Å². The molecule has 0 amide bonds. The Morgan fingerprint density at radius 1 is 1.08 bits per heavy atom. The summed E-state index contributed by atoms with van der Waals surface area (Å²) in [6.45, 7) is 0. The minimum Gasteiger partial charge on any atom is -0.512 e. The van der Waals surface area contributed by atoms with Gasteiger partial charge in [0.25, 0.3) is 0 Å². The van der Waals surface area contributed by atoms with E-state index in [0.29, 0.717) is 0 Å². The molecule has 7 heteroatoms. The number of rotatable bonds is 2. The predicted molar refractivity (Wildman–Crippen MR) is 52.3 cm³/mol. The van der Waals surface area contributed by atoms with Crippen LogP contribution in [-0.4, -0.2) is 17.4 Å². The van der Waals surface area contributed by atoms with E-state index in [1.54, 1.807) is 0 Å². The van der Waals surface area contributed by atoms with Gasteiger partial charge >= 0.3 is 7.32 Å². The minimum absolute atomic E-state index is 0.134. The van der Waals surface area contributed by atoms with Crippen LogP contribution in [0.5, 0.6) is 5.75 Å². The van der Waals surface area contributed by atoms with Crippen molar-refractivity contribution < 1.29 is 14.7 Å². The SMILES string of the molecule is OB(O)Oc1cc(Cl)c(Cl)c(Cl)c1. The summed E-state index contributed by atoms with van der Waals surface area (Å²) in [7, 11) is -1.91. The largest absolute Gasteiger partial charge is 0.707 e. The van der Waals surface area contributed by atoms with Gasteiger partial charge in [-0.05, 0) is 12.1 Å². The molecule has 70 valence electrons. The van der Waals surface area contributed by atoms with E-state index in [1.807, 2.05) is 0 Å². The zero-order valence-corrected chi connectivity index (χ0v) is 8.44. The summed E-state index contributed by atoms with van der Waals surface area (Å²) >= 11 is 16.9. The highest BCUT2D eigenvalue weighted by Gasteiger charge is 2.13. The fourth-order valence-corrected chi connectivity index (χ4v) is 1.30. The monoisotopic (exact) mass is 240 g/mol. The first-order valence-corrected chi connectivity index (χ1v) is 4.31. The van der Waals surface area contributed by atoms with E-state index < -0.39 is 7.32 Å². The Morgan fingerprint density at radius 3 is 1.92 bits per heavy atom. The van der Waals surface area contributed by atoms with E-state index in [0.717, 1.165) is 0 Å². The fourth-order valence-electron chi connectivity index (χ4n) is 0.722. The van der Waals surface area contributed by atoms with E-state index >= 15 is 0 Å². The second kappa shape index (κ2) is 4.40. The van der Waals surface area contributed by atoms with Crippen molar-refractivity contribution in [1.82, 2.24) is 0 Å². The highest BCUT2D eigenvalue weighted by Crippen LogP contribution is 2.34. The highest BCUT2D eigenvalue weighted by molar-refractivity contribution is 6.48. The van der Waals surface area contributed by atoms with Crippen molar-refractivity contribution in [3.05, 3.63) is 27.2 Å². The smallest absolute Gasteiger partial charge is 0.512 e. The molecule has 3 nitrogen and oxygen atoms in total. The van der Waals surface area contributed by atoms with Crippen LogP contribution in [0.2, 0.25) is 15.1 Å². The molecule has 0 spiro atoms. The van der Waals surface area contributed by atoms with Gasteiger partial charge < -0.3 is 14.7 Å². The molecule has 0 radical (unpaired) electrons. The molecular weight excluding hydrogens is 237 g/mol. The number of halogens is 3. The predicted octanol–water partition coefficient (Wildman–Crippen LogP) is 2.00. The third-order valence-electron chi connectivity index (χ3n) is 1.20. The molecule has 0 aliphatic carbocycles. The molecule has 0 heterocycles. The summed E-state index contributed by atoms with van der Waals surface area (Å²) in [5.41, 5.74) is 0. The van der Waals surface area contributed by atoms with Gasteiger partial charge in [-0.3, -0.25) is 0 Å². The van der Waals surface area contributed by atoms with Gasteiger partial charge in [-0.2, -0.15) is 0 Å². The maximum atomic E-state index is 8.47. The summed E-state index contributed by atoms with van der Waals surface area (Å²) in [6.07, 6.45) is 0. The van der Waals surface area contributed by atoms with E-state index in [1.165, 1.54) is 12.1 Å². The van der Waals surface area contributed by atoms with Gasteiger partial charge in [-0.15, -0.1) is 0 Å². The normalized spacial score (nSPS) is 9.92. The van der Waals surface area contributed by atoms with Crippen molar-refractivity contribution in [2.75, 3.05) is 0 Å². The standard InChI is InChI=1S/C6H4BCl3O3/c8-4-1-3(13-7(11)12)2-5(9)6(4)10/h1-2,11-12H. The van der Waals surface area contributed by atoms with Crippen LogP contribution in [0.15, 0.2) is 12.1 Å². The molecule has 0 aromatic heterocycles. The van der Waals surface area contributed by atoms with Crippen LogP contribution in [0.3, 0.4) is 0 Å². The molecule has 1 aromatic carbocycles. The Balaban J connectivity index is 2.99. The van der Waals surface area contributed by atoms with Crippen molar-refractivity contribution in [1.29, 1.82) is 0 Å². The molecule has 0 aliphatic rings. The summed E-state index contributed by atoms with van der Waals surface area (Å²) in [6, 6.07) is 2.66. The van der Waals surface area contributed by atoms with Gasteiger partial charge in [0.15, 0.2) is 0 Å². The van der Waals surface area contributed by atoms with E-state index in [4.69, 9.17) is 44.9 Å². The molecule has 0 atom stereocenters. The van der Waals surface area contributed by atoms with Crippen LogP contribution in [0.4, 0.5) is 0 Å². The molecule has 1 aromatic rings. The Labute approximate surface area is 90.0 Å². The summed E-state index contributed by atoms with van der Waals surface area (Å²) in [4.78, 5) is 0. The van der Waals surface area contributed by atoms with Crippen molar-refractivity contribution in [2.24, 2.45) is 0 Å². The maximum Gasteiger partial charge on any atom is 0.707 e. The van der Waals surface area contributed by atoms with E-state index in [2.05, 4.69) is 4.65 Å². The van der Waals surface area contributed by atoms with Gasteiger partial charge in [0, 0.05) is 0 Å². The molecule has 0 unspecified atom stereocenters. The second-order valence-electron chi connectivity index (χ2n) is 2.15. The lowest BCUT2D eigenvalue weighted by molar-refractivity contribution is 0.288. The number of hydrogen-bond acceptors (Lipinski definition) is 3. The molecule has 13 heavy (non-hydrogen) atoms. The first-order valence-electron chi connectivity index (χ1n) is 3.18. The lowest BCUT2D eigenvalue weighted by atomic mass is 10.2. The Hall–Kier alpha value is -0.125. The Kier molecular flexibility index (Phi) is 3.70. The van der Waals surface area contributed by atoms with E-state index in [-0.39, 0.29) is 20.8 Å². The zero-order valence-electron chi connectivity index (χ0n) is 6.17. The number of benzene rings is 1. The van der Waals surface area contributed by atoms with Crippen LogP contribution >= 0.6 is 34.8 Å². The van der Waals surface area contributed by atoms with Crippen molar-refractivity contribution >= 4 is 42.1 Å². The first kappa shape index (κ1) is 11.0. The molecule has 0 bridgehead atoms. The molecule has 0 aliphatic heterocycles. The zero-order chi connectivity index (χ0) is 10.0. The van der Waals surface area contributed by atoms with Crippen LogP contribution in [0, 0.1) is 0 Å². The molecule has 1 rings (SSSR count). The van der Waals surface area contributed by atoms with Gasteiger partial charge in [0.05, 0.1) is 15.1 Å². The summed E-state index contributed by atoms with van der Waals surface area (Å²) < 4.78 is 4.51. The molecule has 0 fully saturated rings. The van der Waals surface area contributed by atoms with Crippen LogP contribution in [-0.2, 0) is 0 Å². The topological polar surface area (TPSA) is 49.7 Å². The van der Waals surface area contributed by atoms with Crippen LogP contribution in [0.1, 0.15) is 0 Å². The fraction of sp³-hybridized carbons (Fsp3) is 0. The molecule has 2 N–H and O–H groups in total. The summed E-state index contributed by atoms with van der Waals surface area (Å²) in [5.74, 6) is 0.134. The second-order valence-corrected chi connectivity index (χ2v) is 3.34. The first-order chi connectivity index (χ1) is 6.00. The lowest BCUT2D eigenvalue weighted by Crippen LogP contribution is -2.20. The number of hydrogen-bond donors (Lipinski definition) is 2. The summed E-state index contributed by atoms with van der Waals surface area (Å²) in [5, 5.41) is 17.5. The Morgan fingerprint density at radius 2 is 1.54 bits per heavy atom. The minimum atomic E-state index is -1.91. The van der Waals surface area contributed by atoms with Crippen LogP contribution < -0.4 is 4.65 Å². The van der Waals surface area contributed by atoms with Gasteiger partial charge in [-0.1, -0.05) is 34.8 Å². The Bertz CT molecular complexity index is 295. The molecule has 0 saturated carbocycles. The highest BCUT2D eigenvalue weighted by atomic mass is 35.5. The lowest BCUT2D eigenvalue weighted by Gasteiger charge is -2.06. The average Bonchev–Trinajstić information content (AvgIpc) is 1.98. The average molecular weight is 241 g/mol. The van der Waals surface area contributed by atoms with Crippen molar-refractivity contribution in [3.63, 3.8) is 0 Å². The van der Waals surface area contributed by atoms with Crippen molar-refractivity contribution in [2.45, 2.75) is 0 Å². The van der Waals surface area contributed by atoms with E-state index in [9.17, 15) is 0 Å². The van der Waals surface area contributed by atoms with Crippen molar-refractivity contribution in [3.8, 4) is 5.75 Å². The quantitative estimate of drug-likeness (QED) is 0.615. The van der Waals surface area contributed by atoms with Gasteiger partial charge in [-0.25, -0.2) is 0 Å².